The zero-order valence-corrected chi connectivity index (χ0v) is 17.1. The lowest BCUT2D eigenvalue weighted by Gasteiger charge is -2.31. The number of allylic oxidation sites excluding steroid dienone is 1. The minimum atomic E-state index is -4.46. The molecule has 1 aromatic carbocycles. The van der Waals surface area contributed by atoms with Crippen molar-refractivity contribution in [3.05, 3.63) is 58.5 Å². The molecule has 0 saturated carbocycles. The number of benzene rings is 1. The molecule has 0 unspecified atom stereocenters. The molecule has 9 heteroatoms. The number of fused-ring (bicyclic) bond motifs is 1. The number of hydrogen-bond donors (Lipinski definition) is 1. The molecule has 156 valence electrons. The van der Waals surface area contributed by atoms with Crippen LogP contribution in [0.3, 0.4) is 0 Å². The first-order valence-corrected chi connectivity index (χ1v) is 9.73. The molecule has 3 aromatic rings. The Labute approximate surface area is 176 Å². The number of aromatic nitrogens is 3. The number of anilines is 1. The Morgan fingerprint density at radius 2 is 1.93 bits per heavy atom. The number of aliphatic imine (C=N–C) groups is 1. The van der Waals surface area contributed by atoms with Gasteiger partial charge in [0.2, 0.25) is 5.95 Å². The van der Waals surface area contributed by atoms with Crippen molar-refractivity contribution < 1.29 is 13.2 Å². The van der Waals surface area contributed by atoms with Crippen LogP contribution >= 0.6 is 11.6 Å². The molecule has 2 aromatic heterocycles. The van der Waals surface area contributed by atoms with E-state index in [1.807, 2.05) is 36.2 Å². The fourth-order valence-electron chi connectivity index (χ4n) is 3.75. The Bertz CT molecular complexity index is 1150. The summed E-state index contributed by atoms with van der Waals surface area (Å²) in [5.74, 6) is 0.270. The van der Waals surface area contributed by atoms with Gasteiger partial charge in [-0.05, 0) is 35.8 Å². The summed E-state index contributed by atoms with van der Waals surface area (Å²) in [7, 11) is 1.75. The maximum Gasteiger partial charge on any atom is 0.419 e. The largest absolute Gasteiger partial charge is 0.419 e. The Hall–Kier alpha value is -2.87. The summed E-state index contributed by atoms with van der Waals surface area (Å²) in [6, 6.07) is 5.80. The monoisotopic (exact) mass is 433 g/mol. The number of hydrogen-bond acceptors (Lipinski definition) is 4. The minimum Gasteiger partial charge on any atom is -0.360 e. The van der Waals surface area contributed by atoms with Crippen LogP contribution in [0.5, 0.6) is 0 Å². The van der Waals surface area contributed by atoms with E-state index in [1.165, 1.54) is 0 Å². The first-order chi connectivity index (χ1) is 14.3. The van der Waals surface area contributed by atoms with E-state index in [-0.39, 0.29) is 5.95 Å². The van der Waals surface area contributed by atoms with E-state index in [9.17, 15) is 13.2 Å². The number of rotatable bonds is 2. The lowest BCUT2D eigenvalue weighted by molar-refractivity contribution is -0.138. The molecule has 0 amide bonds. The van der Waals surface area contributed by atoms with Crippen LogP contribution in [0.25, 0.3) is 16.5 Å². The SMILES string of the molecule is CN=C1CCN(c2ncc(C(F)(F)F)cn2)C/C1=C(/C)c1ccc(Cl)c2[nH]ccc12. The maximum absolute atomic E-state index is 12.8. The number of piperidine rings is 1. The number of nitrogens with zero attached hydrogens (tertiary/aromatic N) is 4. The first kappa shape index (κ1) is 20.4. The van der Waals surface area contributed by atoms with Gasteiger partial charge in [-0.2, -0.15) is 13.2 Å². The summed E-state index contributed by atoms with van der Waals surface area (Å²) in [4.78, 5) is 17.4. The molecule has 4 rings (SSSR count). The molecule has 1 fully saturated rings. The van der Waals surface area contributed by atoms with Gasteiger partial charge in [-0.1, -0.05) is 17.7 Å². The van der Waals surface area contributed by atoms with Crippen LogP contribution in [0.1, 0.15) is 24.5 Å². The quantitative estimate of drug-likeness (QED) is 0.590. The van der Waals surface area contributed by atoms with Crippen molar-refractivity contribution >= 4 is 39.7 Å². The Morgan fingerprint density at radius 1 is 1.20 bits per heavy atom. The zero-order valence-electron chi connectivity index (χ0n) is 16.4. The predicted molar refractivity (Wildman–Crippen MR) is 113 cm³/mol. The van der Waals surface area contributed by atoms with Gasteiger partial charge in [-0.3, -0.25) is 4.99 Å². The molecule has 1 aliphatic heterocycles. The van der Waals surface area contributed by atoms with E-state index in [4.69, 9.17) is 11.6 Å². The van der Waals surface area contributed by atoms with Gasteiger partial charge in [0.1, 0.15) is 0 Å². The number of H-pyrrole nitrogens is 1. The number of aromatic amines is 1. The summed E-state index contributed by atoms with van der Waals surface area (Å²) < 4.78 is 38.4. The lowest BCUT2D eigenvalue weighted by atomic mass is 9.92. The molecule has 0 aliphatic carbocycles. The van der Waals surface area contributed by atoms with E-state index in [0.717, 1.165) is 45.7 Å². The van der Waals surface area contributed by atoms with Crippen molar-refractivity contribution in [2.24, 2.45) is 4.99 Å². The molecule has 30 heavy (non-hydrogen) atoms. The summed E-state index contributed by atoms with van der Waals surface area (Å²) >= 11 is 6.29. The molecule has 1 saturated heterocycles. The van der Waals surface area contributed by atoms with Gasteiger partial charge < -0.3 is 9.88 Å². The third kappa shape index (κ3) is 3.67. The summed E-state index contributed by atoms with van der Waals surface area (Å²) in [5, 5.41) is 1.65. The van der Waals surface area contributed by atoms with Crippen molar-refractivity contribution in [1.29, 1.82) is 0 Å². The summed E-state index contributed by atoms with van der Waals surface area (Å²) in [5.41, 5.74) is 4.05. The van der Waals surface area contributed by atoms with Crippen molar-refractivity contribution in [1.82, 2.24) is 15.0 Å². The van der Waals surface area contributed by atoms with Crippen LogP contribution in [0, 0.1) is 0 Å². The summed E-state index contributed by atoms with van der Waals surface area (Å²) in [6.07, 6.45) is -0.316. The third-order valence-corrected chi connectivity index (χ3v) is 5.68. The molecular formula is C21H19ClF3N5. The second kappa shape index (κ2) is 7.75. The van der Waals surface area contributed by atoms with Gasteiger partial charge in [-0.15, -0.1) is 0 Å². The van der Waals surface area contributed by atoms with Crippen molar-refractivity contribution in [2.45, 2.75) is 19.5 Å². The van der Waals surface area contributed by atoms with Crippen LogP contribution in [0.2, 0.25) is 5.02 Å². The fraction of sp³-hybridized carbons (Fsp3) is 0.286. The predicted octanol–water partition coefficient (Wildman–Crippen LogP) is 5.38. The third-order valence-electron chi connectivity index (χ3n) is 5.36. The molecule has 3 heterocycles. The molecule has 0 atom stereocenters. The molecule has 1 aliphatic rings. The van der Waals surface area contributed by atoms with Gasteiger partial charge in [0.15, 0.2) is 0 Å². The van der Waals surface area contributed by atoms with Gasteiger partial charge >= 0.3 is 6.18 Å². The van der Waals surface area contributed by atoms with Crippen molar-refractivity contribution in [3.8, 4) is 0 Å². The highest BCUT2D eigenvalue weighted by molar-refractivity contribution is 6.35. The van der Waals surface area contributed by atoms with Crippen LogP contribution in [-0.4, -0.2) is 40.8 Å². The van der Waals surface area contributed by atoms with Crippen LogP contribution in [0.15, 0.2) is 47.4 Å². The molecule has 0 bridgehead atoms. The highest BCUT2D eigenvalue weighted by Gasteiger charge is 2.32. The van der Waals surface area contributed by atoms with E-state index in [0.29, 0.717) is 24.5 Å². The maximum atomic E-state index is 12.8. The minimum absolute atomic E-state index is 0.270. The normalized spacial score (nSPS) is 18.3. The van der Waals surface area contributed by atoms with E-state index in [2.05, 4.69) is 19.9 Å². The average molecular weight is 434 g/mol. The second-order valence-electron chi connectivity index (χ2n) is 7.08. The lowest BCUT2D eigenvalue weighted by Crippen LogP contribution is -2.37. The summed E-state index contributed by atoms with van der Waals surface area (Å²) in [6.45, 7) is 3.06. The molecule has 5 nitrogen and oxygen atoms in total. The van der Waals surface area contributed by atoms with Gasteiger partial charge in [0.05, 0.1) is 16.1 Å². The van der Waals surface area contributed by atoms with Gasteiger partial charge in [0, 0.05) is 56.2 Å². The highest BCUT2D eigenvalue weighted by Crippen LogP contribution is 2.33. The van der Waals surface area contributed by atoms with Crippen LogP contribution in [0.4, 0.5) is 19.1 Å². The number of nitrogens with one attached hydrogen (secondary N) is 1. The van der Waals surface area contributed by atoms with Crippen molar-refractivity contribution in [2.75, 3.05) is 25.0 Å². The highest BCUT2D eigenvalue weighted by atomic mass is 35.5. The Morgan fingerprint density at radius 3 is 2.60 bits per heavy atom. The van der Waals surface area contributed by atoms with Crippen LogP contribution in [-0.2, 0) is 6.18 Å². The Balaban J connectivity index is 1.72. The molecular weight excluding hydrogens is 415 g/mol. The first-order valence-electron chi connectivity index (χ1n) is 9.35. The molecule has 1 N–H and O–H groups in total. The zero-order chi connectivity index (χ0) is 21.5. The van der Waals surface area contributed by atoms with E-state index >= 15 is 0 Å². The number of alkyl halides is 3. The van der Waals surface area contributed by atoms with Gasteiger partial charge in [-0.25, -0.2) is 9.97 Å². The van der Waals surface area contributed by atoms with E-state index < -0.39 is 11.7 Å². The average Bonchev–Trinajstić information content (AvgIpc) is 3.23. The Kier molecular flexibility index (Phi) is 5.27. The topological polar surface area (TPSA) is 57.2 Å². The van der Waals surface area contributed by atoms with E-state index in [1.54, 1.807) is 7.05 Å². The molecule has 0 radical (unpaired) electrons. The molecule has 0 spiro atoms. The fourth-order valence-corrected chi connectivity index (χ4v) is 3.97. The number of halogens is 4. The van der Waals surface area contributed by atoms with Crippen molar-refractivity contribution in [3.63, 3.8) is 0 Å². The van der Waals surface area contributed by atoms with Gasteiger partial charge in [0.25, 0.3) is 0 Å². The second-order valence-corrected chi connectivity index (χ2v) is 7.48. The smallest absolute Gasteiger partial charge is 0.360 e. The van der Waals surface area contributed by atoms with Crippen LogP contribution < -0.4 is 4.90 Å². The standard InChI is InChI=1S/C21H19ClF3N5/c1-12(14-3-4-17(22)19-15(14)5-7-27-19)16-11-30(8-6-18(16)26-2)20-28-9-13(10-29-20)21(23,24)25/h3-5,7,9-10,27H,6,8,11H2,1-2H3/b16-12+,26-18?.